The van der Waals surface area contributed by atoms with Crippen LogP contribution in [0.1, 0.15) is 46.5 Å². The van der Waals surface area contributed by atoms with Gasteiger partial charge in [-0.3, -0.25) is 4.79 Å². The van der Waals surface area contributed by atoms with Gasteiger partial charge in [0.15, 0.2) is 0 Å². The summed E-state index contributed by atoms with van der Waals surface area (Å²) in [6, 6.07) is 5.92. The molecule has 0 unspecified atom stereocenters. The predicted octanol–water partition coefficient (Wildman–Crippen LogP) is 4.06. The maximum absolute atomic E-state index is 13.2. The zero-order valence-electron chi connectivity index (χ0n) is 16.4. The molecule has 6 heteroatoms. The van der Waals surface area contributed by atoms with Crippen molar-refractivity contribution >= 4 is 17.2 Å². The molecule has 1 amide bonds. The molecule has 2 heterocycles. The molecule has 2 fully saturated rings. The molecule has 2 aromatic rings. The van der Waals surface area contributed by atoms with E-state index in [1.165, 1.54) is 35.4 Å². The van der Waals surface area contributed by atoms with E-state index in [2.05, 4.69) is 5.38 Å². The van der Waals surface area contributed by atoms with E-state index in [0.717, 1.165) is 24.9 Å². The number of halogens is 1. The number of benzene rings is 1. The lowest BCUT2D eigenvalue weighted by molar-refractivity contribution is -0.0231. The second-order valence-electron chi connectivity index (χ2n) is 8.64. The molecule has 3 aliphatic rings. The number of carbonyl (C=O) groups excluding carboxylic acids is 1. The Labute approximate surface area is 174 Å². The van der Waals surface area contributed by atoms with E-state index in [9.17, 15) is 14.3 Å². The number of amides is 1. The molecular weight excluding hydrogens is 389 g/mol. The summed E-state index contributed by atoms with van der Waals surface area (Å²) < 4.78 is 19.1. The average molecular weight is 416 g/mol. The van der Waals surface area contributed by atoms with E-state index in [4.69, 9.17) is 4.74 Å². The predicted molar refractivity (Wildman–Crippen MR) is 110 cm³/mol. The summed E-state index contributed by atoms with van der Waals surface area (Å²) in [5.74, 6) is 1.08. The number of ether oxygens (including phenoxy) is 1. The SMILES string of the molecule is O=C(c1csc2c1CCCC2)N1C[C@H]2C[C@@H](Oc3ccc(F)cc3)[C@H](O)C[C@H]2C1. The van der Waals surface area contributed by atoms with Crippen LogP contribution < -0.4 is 4.74 Å². The fourth-order valence-electron chi connectivity index (χ4n) is 5.21. The fraction of sp³-hybridized carbons (Fsp3) is 0.522. The number of rotatable bonds is 3. The fourth-order valence-corrected chi connectivity index (χ4v) is 6.33. The zero-order valence-corrected chi connectivity index (χ0v) is 17.2. The van der Waals surface area contributed by atoms with Crippen LogP contribution in [0.4, 0.5) is 4.39 Å². The number of nitrogens with zero attached hydrogens (tertiary/aromatic N) is 1. The van der Waals surface area contributed by atoms with Gasteiger partial charge in [-0.05, 0) is 80.2 Å². The van der Waals surface area contributed by atoms with Gasteiger partial charge in [-0.15, -0.1) is 11.3 Å². The molecule has 1 saturated carbocycles. The van der Waals surface area contributed by atoms with Crippen molar-refractivity contribution in [1.29, 1.82) is 0 Å². The Morgan fingerprint density at radius 1 is 1.10 bits per heavy atom. The summed E-state index contributed by atoms with van der Waals surface area (Å²) in [6.45, 7) is 1.44. The minimum absolute atomic E-state index is 0.157. The highest BCUT2D eigenvalue weighted by molar-refractivity contribution is 7.10. The van der Waals surface area contributed by atoms with Gasteiger partial charge in [-0.2, -0.15) is 0 Å². The largest absolute Gasteiger partial charge is 0.488 e. The van der Waals surface area contributed by atoms with E-state index in [-0.39, 0.29) is 17.8 Å². The minimum atomic E-state index is -0.565. The van der Waals surface area contributed by atoms with E-state index in [0.29, 0.717) is 37.0 Å². The molecule has 1 N–H and O–H groups in total. The van der Waals surface area contributed by atoms with Crippen LogP contribution in [-0.4, -0.2) is 41.2 Å². The third-order valence-corrected chi connectivity index (χ3v) is 7.85. The number of hydrogen-bond donors (Lipinski definition) is 1. The first-order valence-corrected chi connectivity index (χ1v) is 11.4. The number of fused-ring (bicyclic) bond motifs is 2. The van der Waals surface area contributed by atoms with Crippen LogP contribution in [-0.2, 0) is 12.8 Å². The van der Waals surface area contributed by atoms with E-state index < -0.39 is 6.10 Å². The highest BCUT2D eigenvalue weighted by Crippen LogP contribution is 2.39. The van der Waals surface area contributed by atoms with Crippen LogP contribution in [0.3, 0.4) is 0 Å². The molecule has 4 nitrogen and oxygen atoms in total. The topological polar surface area (TPSA) is 49.8 Å². The molecule has 1 aromatic heterocycles. The van der Waals surface area contributed by atoms with Crippen molar-refractivity contribution in [1.82, 2.24) is 4.90 Å². The maximum Gasteiger partial charge on any atom is 0.255 e. The number of carbonyl (C=O) groups is 1. The second kappa shape index (κ2) is 7.73. The summed E-state index contributed by atoms with van der Waals surface area (Å²) in [6.07, 6.45) is 5.00. The van der Waals surface area contributed by atoms with Gasteiger partial charge in [0.25, 0.3) is 5.91 Å². The van der Waals surface area contributed by atoms with Gasteiger partial charge in [0.05, 0.1) is 11.7 Å². The van der Waals surface area contributed by atoms with E-state index in [1.54, 1.807) is 23.5 Å². The molecule has 1 aromatic carbocycles. The lowest BCUT2D eigenvalue weighted by Crippen LogP contribution is -2.42. The first kappa shape index (κ1) is 19.1. The first-order chi connectivity index (χ1) is 14.1. The number of likely N-dealkylation sites (tertiary alicyclic amines) is 1. The molecule has 1 aliphatic heterocycles. The molecule has 5 rings (SSSR count). The zero-order chi connectivity index (χ0) is 20.0. The third-order valence-electron chi connectivity index (χ3n) is 6.76. The molecule has 0 spiro atoms. The number of aryl methyl sites for hydroxylation is 1. The monoisotopic (exact) mass is 415 g/mol. The molecule has 2 aliphatic carbocycles. The Balaban J connectivity index is 1.26. The average Bonchev–Trinajstić information content (AvgIpc) is 3.33. The number of thiophene rings is 1. The maximum atomic E-state index is 13.2. The summed E-state index contributed by atoms with van der Waals surface area (Å²) in [7, 11) is 0. The summed E-state index contributed by atoms with van der Waals surface area (Å²) in [5, 5.41) is 12.6. The summed E-state index contributed by atoms with van der Waals surface area (Å²) in [4.78, 5) is 16.6. The highest BCUT2D eigenvalue weighted by atomic mass is 32.1. The number of aliphatic hydroxyl groups is 1. The number of aliphatic hydroxyl groups excluding tert-OH is 1. The smallest absolute Gasteiger partial charge is 0.255 e. The van der Waals surface area contributed by atoms with Crippen LogP contribution in [0.5, 0.6) is 5.75 Å². The molecule has 0 bridgehead atoms. The van der Waals surface area contributed by atoms with Gasteiger partial charge in [-0.25, -0.2) is 4.39 Å². The Hall–Kier alpha value is -1.92. The van der Waals surface area contributed by atoms with Crippen LogP contribution in [0, 0.1) is 17.7 Å². The molecular formula is C23H26FNO3S. The Kier molecular flexibility index (Phi) is 5.08. The van der Waals surface area contributed by atoms with E-state index in [1.807, 2.05) is 4.90 Å². The molecule has 29 heavy (non-hydrogen) atoms. The summed E-state index contributed by atoms with van der Waals surface area (Å²) in [5.41, 5.74) is 2.18. The second-order valence-corrected chi connectivity index (χ2v) is 9.60. The summed E-state index contributed by atoms with van der Waals surface area (Å²) >= 11 is 1.73. The van der Waals surface area contributed by atoms with Crippen LogP contribution in [0.15, 0.2) is 29.6 Å². The molecule has 0 radical (unpaired) electrons. The minimum Gasteiger partial charge on any atom is -0.488 e. The lowest BCUT2D eigenvalue weighted by Gasteiger charge is -2.35. The van der Waals surface area contributed by atoms with Crippen LogP contribution in [0.2, 0.25) is 0 Å². The van der Waals surface area contributed by atoms with Crippen LogP contribution in [0.25, 0.3) is 0 Å². The van der Waals surface area contributed by atoms with Gasteiger partial charge < -0.3 is 14.7 Å². The molecule has 154 valence electrons. The van der Waals surface area contributed by atoms with Crippen LogP contribution >= 0.6 is 11.3 Å². The van der Waals surface area contributed by atoms with Crippen molar-refractivity contribution in [3.05, 3.63) is 51.5 Å². The number of hydrogen-bond acceptors (Lipinski definition) is 4. The Bertz CT molecular complexity index is 896. The Morgan fingerprint density at radius 2 is 1.83 bits per heavy atom. The van der Waals surface area contributed by atoms with Crippen molar-refractivity contribution in [2.45, 2.75) is 50.7 Å². The van der Waals surface area contributed by atoms with Crippen molar-refractivity contribution in [2.24, 2.45) is 11.8 Å². The van der Waals surface area contributed by atoms with Gasteiger partial charge in [0, 0.05) is 23.3 Å². The van der Waals surface area contributed by atoms with E-state index >= 15 is 0 Å². The molecule has 4 atom stereocenters. The third kappa shape index (κ3) is 3.68. The Morgan fingerprint density at radius 3 is 2.62 bits per heavy atom. The van der Waals surface area contributed by atoms with Crippen molar-refractivity contribution in [3.63, 3.8) is 0 Å². The van der Waals surface area contributed by atoms with Crippen molar-refractivity contribution < 1.29 is 19.0 Å². The van der Waals surface area contributed by atoms with Crippen molar-refractivity contribution in [2.75, 3.05) is 13.1 Å². The quantitative estimate of drug-likeness (QED) is 0.823. The van der Waals surface area contributed by atoms with Crippen molar-refractivity contribution in [3.8, 4) is 5.75 Å². The lowest BCUT2D eigenvalue weighted by atomic mass is 9.78. The standard InChI is InChI=1S/C23H26FNO3S/c24-16-5-7-17(8-6-16)28-21-10-15-12-25(11-14(15)9-20(21)26)23(27)19-13-29-22-4-2-1-3-18(19)22/h5-8,13-15,20-21,26H,1-4,9-12H2/t14-,15+,20+,21+/m0/s1. The highest BCUT2D eigenvalue weighted by Gasteiger charge is 2.44. The van der Waals surface area contributed by atoms with Gasteiger partial charge in [-0.1, -0.05) is 0 Å². The van der Waals surface area contributed by atoms with Gasteiger partial charge in [0.1, 0.15) is 17.7 Å². The first-order valence-electron chi connectivity index (χ1n) is 10.6. The molecule has 1 saturated heterocycles. The van der Waals surface area contributed by atoms with Gasteiger partial charge >= 0.3 is 0 Å². The normalized spacial score (nSPS) is 28.7. The van der Waals surface area contributed by atoms with Gasteiger partial charge in [0.2, 0.25) is 0 Å².